The molecule has 1 aromatic heterocycles. The normalized spacial score (nSPS) is 16.3. The maximum atomic E-state index is 12.2. The Hall–Kier alpha value is -1.44. The van der Waals surface area contributed by atoms with Gasteiger partial charge in [-0.25, -0.2) is 4.98 Å². The molecule has 2 N–H and O–H groups in total. The van der Waals surface area contributed by atoms with Gasteiger partial charge in [0.1, 0.15) is 0 Å². The van der Waals surface area contributed by atoms with Crippen molar-refractivity contribution in [2.24, 2.45) is 0 Å². The van der Waals surface area contributed by atoms with Gasteiger partial charge >= 0.3 is 0 Å². The lowest BCUT2D eigenvalue weighted by Crippen LogP contribution is -2.39. The molecule has 0 aliphatic carbocycles. The number of nitrogens with zero attached hydrogens (tertiary/aromatic N) is 3. The molecule has 7 nitrogen and oxygen atoms in total. The third kappa shape index (κ3) is 3.78. The van der Waals surface area contributed by atoms with Gasteiger partial charge in [0.25, 0.3) is 5.56 Å². The predicted octanol–water partition coefficient (Wildman–Crippen LogP) is -0.712. The zero-order valence-corrected chi connectivity index (χ0v) is 11.8. The first-order valence-corrected chi connectivity index (χ1v) is 6.93. The van der Waals surface area contributed by atoms with Crippen LogP contribution in [0, 0.1) is 6.92 Å². The monoisotopic (exact) mass is 282 g/mol. The lowest BCUT2D eigenvalue weighted by molar-refractivity contribution is 0.0398. The van der Waals surface area contributed by atoms with Gasteiger partial charge in [0.2, 0.25) is 0 Å². The summed E-state index contributed by atoms with van der Waals surface area (Å²) in [5.41, 5.74) is 0.573. The Morgan fingerprint density at radius 2 is 2.15 bits per heavy atom. The Balaban J connectivity index is 1.92. The van der Waals surface area contributed by atoms with E-state index in [4.69, 9.17) is 9.84 Å². The number of aryl methyl sites for hydroxylation is 1. The van der Waals surface area contributed by atoms with Gasteiger partial charge in [-0.15, -0.1) is 0 Å². The first-order valence-electron chi connectivity index (χ1n) is 6.93. The van der Waals surface area contributed by atoms with Crippen molar-refractivity contribution in [1.82, 2.24) is 14.5 Å². The standard InChI is InChI=1S/C13H22N4O3/c1-11-10-15-12(13(19)17(11)4-7-18)14-2-3-16-5-8-20-9-6-16/h10,18H,2-9H2,1H3,(H,14,15). The molecular formula is C13H22N4O3. The van der Waals surface area contributed by atoms with E-state index in [1.807, 2.05) is 6.92 Å². The second-order valence-electron chi connectivity index (χ2n) is 4.81. The number of aliphatic hydroxyl groups excluding tert-OH is 1. The largest absolute Gasteiger partial charge is 0.395 e. The molecule has 7 heteroatoms. The van der Waals surface area contributed by atoms with Crippen LogP contribution in [0.3, 0.4) is 0 Å². The Labute approximate surface area is 118 Å². The van der Waals surface area contributed by atoms with Gasteiger partial charge in [0.15, 0.2) is 5.82 Å². The van der Waals surface area contributed by atoms with Gasteiger partial charge < -0.3 is 19.7 Å². The highest BCUT2D eigenvalue weighted by molar-refractivity contribution is 5.31. The lowest BCUT2D eigenvalue weighted by Gasteiger charge is -2.26. The summed E-state index contributed by atoms with van der Waals surface area (Å²) in [7, 11) is 0. The van der Waals surface area contributed by atoms with Crippen molar-refractivity contribution in [1.29, 1.82) is 0 Å². The number of rotatable bonds is 6. The molecule has 0 radical (unpaired) electrons. The minimum atomic E-state index is -0.180. The number of aliphatic hydroxyl groups is 1. The van der Waals surface area contributed by atoms with E-state index in [-0.39, 0.29) is 12.2 Å². The molecule has 1 aliphatic rings. The van der Waals surface area contributed by atoms with E-state index >= 15 is 0 Å². The van der Waals surface area contributed by atoms with Gasteiger partial charge in [-0.05, 0) is 6.92 Å². The number of anilines is 1. The van der Waals surface area contributed by atoms with E-state index in [1.54, 1.807) is 6.20 Å². The van der Waals surface area contributed by atoms with Crippen molar-refractivity contribution in [2.45, 2.75) is 13.5 Å². The van der Waals surface area contributed by atoms with Crippen molar-refractivity contribution in [3.8, 4) is 0 Å². The Morgan fingerprint density at radius 3 is 2.85 bits per heavy atom. The van der Waals surface area contributed by atoms with Gasteiger partial charge in [0.05, 0.1) is 19.8 Å². The Kier molecular flexibility index (Phi) is 5.51. The molecule has 0 atom stereocenters. The summed E-state index contributed by atoms with van der Waals surface area (Å²) in [6, 6.07) is 0. The van der Waals surface area contributed by atoms with Crippen LogP contribution < -0.4 is 10.9 Å². The van der Waals surface area contributed by atoms with E-state index in [0.717, 1.165) is 38.5 Å². The minimum absolute atomic E-state index is 0.0576. The molecule has 0 aromatic carbocycles. The molecule has 1 aromatic rings. The van der Waals surface area contributed by atoms with Crippen LogP contribution in [0.4, 0.5) is 5.82 Å². The molecule has 0 spiro atoms. The molecule has 20 heavy (non-hydrogen) atoms. The maximum Gasteiger partial charge on any atom is 0.293 e. The van der Waals surface area contributed by atoms with Crippen molar-refractivity contribution >= 4 is 5.82 Å². The van der Waals surface area contributed by atoms with E-state index in [0.29, 0.717) is 18.9 Å². The van der Waals surface area contributed by atoms with Crippen molar-refractivity contribution in [3.05, 3.63) is 22.2 Å². The summed E-state index contributed by atoms with van der Waals surface area (Å²) in [6.07, 6.45) is 1.65. The second-order valence-corrected chi connectivity index (χ2v) is 4.81. The second kappa shape index (κ2) is 7.37. The summed E-state index contributed by atoms with van der Waals surface area (Å²) < 4.78 is 6.82. The highest BCUT2D eigenvalue weighted by Gasteiger charge is 2.11. The molecule has 1 saturated heterocycles. The fourth-order valence-corrected chi connectivity index (χ4v) is 2.23. The maximum absolute atomic E-state index is 12.2. The molecule has 0 amide bonds. The molecule has 0 bridgehead atoms. The first kappa shape index (κ1) is 15.0. The summed E-state index contributed by atoms with van der Waals surface area (Å²) in [6.45, 7) is 6.97. The van der Waals surface area contributed by atoms with Crippen LogP contribution in [0.15, 0.2) is 11.0 Å². The van der Waals surface area contributed by atoms with Gasteiger partial charge in [-0.2, -0.15) is 0 Å². The van der Waals surface area contributed by atoms with Crippen LogP contribution in [0.25, 0.3) is 0 Å². The molecule has 1 fully saturated rings. The number of hydrogen-bond acceptors (Lipinski definition) is 6. The van der Waals surface area contributed by atoms with Crippen LogP contribution in [-0.2, 0) is 11.3 Å². The SMILES string of the molecule is Cc1cnc(NCCN2CCOCC2)c(=O)n1CCO. The van der Waals surface area contributed by atoms with Gasteiger partial charge in [-0.1, -0.05) is 0 Å². The third-order valence-corrected chi connectivity index (χ3v) is 3.40. The highest BCUT2D eigenvalue weighted by atomic mass is 16.5. The predicted molar refractivity (Wildman–Crippen MR) is 76.1 cm³/mol. The minimum Gasteiger partial charge on any atom is -0.395 e. The van der Waals surface area contributed by atoms with E-state index in [9.17, 15) is 4.79 Å². The van der Waals surface area contributed by atoms with Crippen molar-refractivity contribution in [3.63, 3.8) is 0 Å². The number of hydrogen-bond donors (Lipinski definition) is 2. The van der Waals surface area contributed by atoms with Gasteiger partial charge in [0, 0.05) is 44.6 Å². The molecule has 0 saturated carbocycles. The zero-order chi connectivity index (χ0) is 14.4. The zero-order valence-electron chi connectivity index (χ0n) is 11.8. The Bertz CT molecular complexity index is 483. The fraction of sp³-hybridized carbons (Fsp3) is 0.692. The van der Waals surface area contributed by atoms with Crippen LogP contribution in [0.2, 0.25) is 0 Å². The average molecular weight is 282 g/mol. The highest BCUT2D eigenvalue weighted by Crippen LogP contribution is 2.00. The molecular weight excluding hydrogens is 260 g/mol. The average Bonchev–Trinajstić information content (AvgIpc) is 2.47. The van der Waals surface area contributed by atoms with E-state index in [2.05, 4.69) is 15.2 Å². The number of nitrogens with one attached hydrogen (secondary N) is 1. The smallest absolute Gasteiger partial charge is 0.293 e. The lowest BCUT2D eigenvalue weighted by atomic mass is 10.4. The number of morpholine rings is 1. The third-order valence-electron chi connectivity index (χ3n) is 3.40. The topological polar surface area (TPSA) is 79.6 Å². The van der Waals surface area contributed by atoms with Crippen LogP contribution in [0.1, 0.15) is 5.69 Å². The summed E-state index contributed by atoms with van der Waals surface area (Å²) in [5, 5.41) is 12.1. The van der Waals surface area contributed by atoms with Crippen LogP contribution in [-0.4, -0.2) is 65.6 Å². The van der Waals surface area contributed by atoms with Crippen LogP contribution >= 0.6 is 0 Å². The first-order chi connectivity index (χ1) is 9.72. The molecule has 0 unspecified atom stereocenters. The summed E-state index contributed by atoms with van der Waals surface area (Å²) >= 11 is 0. The molecule has 2 heterocycles. The van der Waals surface area contributed by atoms with Crippen molar-refractivity contribution in [2.75, 3.05) is 51.3 Å². The van der Waals surface area contributed by atoms with Gasteiger partial charge in [-0.3, -0.25) is 9.69 Å². The molecule has 2 rings (SSSR count). The molecule has 112 valence electrons. The summed E-state index contributed by atoms with van der Waals surface area (Å²) in [5.74, 6) is 0.345. The summed E-state index contributed by atoms with van der Waals surface area (Å²) in [4.78, 5) is 18.6. The van der Waals surface area contributed by atoms with E-state index in [1.165, 1.54) is 4.57 Å². The number of aromatic nitrogens is 2. The quantitative estimate of drug-likeness (QED) is 0.717. The van der Waals surface area contributed by atoms with Crippen LogP contribution in [0.5, 0.6) is 0 Å². The number of ether oxygens (including phenoxy) is 1. The van der Waals surface area contributed by atoms with Crippen molar-refractivity contribution < 1.29 is 9.84 Å². The fourth-order valence-electron chi connectivity index (χ4n) is 2.23. The Morgan fingerprint density at radius 1 is 1.40 bits per heavy atom. The van der Waals surface area contributed by atoms with E-state index < -0.39 is 0 Å². The molecule has 1 aliphatic heterocycles.